The molecule has 2 N–H and O–H groups in total. The number of halogens is 1. The molecule has 0 aliphatic heterocycles. The predicted molar refractivity (Wildman–Crippen MR) is 132 cm³/mol. The molecule has 0 bridgehead atoms. The minimum absolute atomic E-state index is 0.271. The summed E-state index contributed by atoms with van der Waals surface area (Å²) >= 11 is 0. The number of hydrogen-bond acceptors (Lipinski definition) is 3. The van der Waals surface area contributed by atoms with Gasteiger partial charge in [-0.3, -0.25) is 15.1 Å². The summed E-state index contributed by atoms with van der Waals surface area (Å²) in [6.45, 7) is 5.59. The van der Waals surface area contributed by atoms with E-state index < -0.39 is 0 Å². The first-order chi connectivity index (χ1) is 16.2. The maximum Gasteiger partial charge on any atom is 0.131 e. The number of nitrogens with zero attached hydrogens (tertiary/aromatic N) is 3. The first kappa shape index (κ1) is 20.4. The molecule has 0 atom stereocenters. The zero-order valence-corrected chi connectivity index (χ0v) is 17.9. The molecule has 0 spiro atoms. The van der Waals surface area contributed by atoms with E-state index in [0.29, 0.717) is 5.56 Å². The van der Waals surface area contributed by atoms with Gasteiger partial charge in [-0.25, -0.2) is 4.39 Å². The van der Waals surface area contributed by atoms with Crippen molar-refractivity contribution in [3.05, 3.63) is 108 Å². The quantitative estimate of drug-likeness (QED) is 0.285. The van der Waals surface area contributed by atoms with E-state index in [0.717, 1.165) is 50.5 Å². The predicted octanol–water partition coefficient (Wildman–Crippen LogP) is 6.32. The Morgan fingerprint density at radius 2 is 2.09 bits per heavy atom. The Labute approximate surface area is 190 Å². The third-order valence-electron chi connectivity index (χ3n) is 5.43. The van der Waals surface area contributed by atoms with Gasteiger partial charge in [0.05, 0.1) is 34.5 Å². The van der Waals surface area contributed by atoms with Gasteiger partial charge in [-0.05, 0) is 42.8 Å². The molecular formula is C27H20FN5. The molecule has 0 fully saturated rings. The molecule has 5 nitrogen and oxygen atoms in total. The lowest BCUT2D eigenvalue weighted by Crippen LogP contribution is -1.92. The van der Waals surface area contributed by atoms with E-state index in [4.69, 9.17) is 0 Å². The number of aromatic nitrogens is 4. The molecule has 6 heteroatoms. The Bertz CT molecular complexity index is 1540. The normalized spacial score (nSPS) is 13.4. The highest BCUT2D eigenvalue weighted by atomic mass is 19.1. The van der Waals surface area contributed by atoms with Gasteiger partial charge in [-0.15, -0.1) is 5.73 Å². The van der Waals surface area contributed by atoms with Crippen LogP contribution in [0.5, 0.6) is 0 Å². The summed E-state index contributed by atoms with van der Waals surface area (Å²) in [7, 11) is 0. The zero-order valence-electron chi connectivity index (χ0n) is 17.9. The van der Waals surface area contributed by atoms with Crippen molar-refractivity contribution in [1.29, 1.82) is 0 Å². The average Bonchev–Trinajstić information content (AvgIpc) is 3.39. The number of H-pyrrole nitrogens is 2. The van der Waals surface area contributed by atoms with Crippen LogP contribution in [0.1, 0.15) is 29.4 Å². The van der Waals surface area contributed by atoms with Crippen molar-refractivity contribution in [2.75, 3.05) is 0 Å². The molecule has 0 radical (unpaired) electrons. The van der Waals surface area contributed by atoms with Gasteiger partial charge in [-0.1, -0.05) is 36.9 Å². The summed E-state index contributed by atoms with van der Waals surface area (Å²) in [5.74, 6) is -0.271. The number of aliphatic imine (C=N–C) groups is 1. The van der Waals surface area contributed by atoms with E-state index in [-0.39, 0.29) is 5.82 Å². The molecule has 3 aromatic heterocycles. The van der Waals surface area contributed by atoms with Crippen LogP contribution in [0.25, 0.3) is 39.6 Å². The average molecular weight is 433 g/mol. The minimum atomic E-state index is -0.271. The number of pyridine rings is 1. The van der Waals surface area contributed by atoms with Crippen LogP contribution in [0.4, 0.5) is 4.39 Å². The van der Waals surface area contributed by atoms with E-state index in [2.05, 4.69) is 37.5 Å². The van der Waals surface area contributed by atoms with Crippen molar-refractivity contribution in [3.63, 3.8) is 0 Å². The third-order valence-corrected chi connectivity index (χ3v) is 5.43. The fourth-order valence-corrected chi connectivity index (χ4v) is 3.89. The number of rotatable bonds is 5. The summed E-state index contributed by atoms with van der Waals surface area (Å²) in [5.41, 5.74) is 9.99. The molecule has 160 valence electrons. The first-order valence-corrected chi connectivity index (χ1v) is 10.5. The van der Waals surface area contributed by atoms with Crippen molar-refractivity contribution < 1.29 is 4.39 Å². The number of fused-ring (bicyclic) bond motifs is 2. The highest BCUT2D eigenvalue weighted by Crippen LogP contribution is 2.35. The highest BCUT2D eigenvalue weighted by molar-refractivity contribution is 5.96. The van der Waals surface area contributed by atoms with Crippen molar-refractivity contribution >= 4 is 34.5 Å². The van der Waals surface area contributed by atoms with Gasteiger partial charge in [0.25, 0.3) is 0 Å². The second kappa shape index (κ2) is 8.54. The van der Waals surface area contributed by atoms with Crippen molar-refractivity contribution in [2.45, 2.75) is 6.92 Å². The zero-order chi connectivity index (χ0) is 22.8. The lowest BCUT2D eigenvalue weighted by molar-refractivity contribution is 0.624. The minimum Gasteiger partial charge on any atom is -0.353 e. The fraction of sp³-hybridized carbons (Fsp3) is 0.0370. The number of nitrogens with one attached hydrogen (secondary N) is 2. The van der Waals surface area contributed by atoms with Crippen molar-refractivity contribution in [1.82, 2.24) is 20.2 Å². The molecule has 5 rings (SSSR count). The Morgan fingerprint density at radius 1 is 1.21 bits per heavy atom. The van der Waals surface area contributed by atoms with Gasteiger partial charge < -0.3 is 4.98 Å². The van der Waals surface area contributed by atoms with Gasteiger partial charge in [0.2, 0.25) is 0 Å². The van der Waals surface area contributed by atoms with E-state index in [1.54, 1.807) is 36.7 Å². The van der Waals surface area contributed by atoms with Gasteiger partial charge >= 0.3 is 0 Å². The van der Waals surface area contributed by atoms with Crippen LogP contribution in [-0.4, -0.2) is 26.4 Å². The van der Waals surface area contributed by atoms with Crippen LogP contribution in [0.3, 0.4) is 0 Å². The van der Waals surface area contributed by atoms with Gasteiger partial charge in [0.1, 0.15) is 11.5 Å². The Morgan fingerprint density at radius 3 is 2.91 bits per heavy atom. The SMILES string of the molecule is C=C/C=N\C(=C/C)c1cc2c(-c3cc4c([nH]3)C=C=CC=C4c3ccccc3F)n[nH]c2cn1. The second-order valence-corrected chi connectivity index (χ2v) is 7.42. The molecule has 1 aromatic carbocycles. The Kier molecular flexibility index (Phi) is 5.27. The van der Waals surface area contributed by atoms with Crippen molar-refractivity contribution in [3.8, 4) is 11.4 Å². The van der Waals surface area contributed by atoms with Crippen LogP contribution in [0.15, 0.2) is 84.2 Å². The van der Waals surface area contributed by atoms with Crippen molar-refractivity contribution in [2.24, 2.45) is 4.99 Å². The van der Waals surface area contributed by atoms with Crippen LogP contribution < -0.4 is 0 Å². The molecular weight excluding hydrogens is 413 g/mol. The number of allylic oxidation sites excluding steroid dienone is 4. The number of hydrogen-bond donors (Lipinski definition) is 2. The molecule has 0 saturated carbocycles. The van der Waals surface area contributed by atoms with E-state index in [1.807, 2.05) is 43.4 Å². The molecule has 0 unspecified atom stereocenters. The molecule has 3 heterocycles. The number of benzene rings is 1. The summed E-state index contributed by atoms with van der Waals surface area (Å²) in [6, 6.07) is 10.7. The van der Waals surface area contributed by atoms with E-state index in [1.165, 1.54) is 6.07 Å². The molecule has 4 aromatic rings. The van der Waals surface area contributed by atoms with E-state index in [9.17, 15) is 4.39 Å². The van der Waals surface area contributed by atoms with Gasteiger partial charge in [0.15, 0.2) is 0 Å². The molecule has 33 heavy (non-hydrogen) atoms. The smallest absolute Gasteiger partial charge is 0.131 e. The first-order valence-electron chi connectivity index (χ1n) is 10.5. The van der Waals surface area contributed by atoms with Gasteiger partial charge in [-0.2, -0.15) is 5.10 Å². The summed E-state index contributed by atoms with van der Waals surface area (Å²) in [6.07, 6.45) is 12.4. The molecule has 1 aliphatic rings. The monoisotopic (exact) mass is 433 g/mol. The summed E-state index contributed by atoms with van der Waals surface area (Å²) in [5, 5.41) is 8.48. The molecule has 0 saturated heterocycles. The summed E-state index contributed by atoms with van der Waals surface area (Å²) < 4.78 is 14.6. The van der Waals surface area contributed by atoms with Crippen LogP contribution in [-0.2, 0) is 0 Å². The van der Waals surface area contributed by atoms with Crippen LogP contribution in [0.2, 0.25) is 0 Å². The topological polar surface area (TPSA) is 69.7 Å². The van der Waals surface area contributed by atoms with Crippen LogP contribution in [0, 0.1) is 5.82 Å². The van der Waals surface area contributed by atoms with Gasteiger partial charge in [0, 0.05) is 28.8 Å². The van der Waals surface area contributed by atoms with E-state index >= 15 is 0 Å². The van der Waals surface area contributed by atoms with Crippen LogP contribution >= 0.6 is 0 Å². The fourth-order valence-electron chi connectivity index (χ4n) is 3.89. The maximum atomic E-state index is 14.6. The lowest BCUT2D eigenvalue weighted by atomic mass is 9.97. The number of aromatic amines is 2. The molecule has 0 amide bonds. The molecule has 1 aliphatic carbocycles. The second-order valence-electron chi connectivity index (χ2n) is 7.42. The highest BCUT2D eigenvalue weighted by Gasteiger charge is 2.19. The Balaban J connectivity index is 1.63. The Hall–Kier alpha value is -4.54. The third kappa shape index (κ3) is 3.69. The lowest BCUT2D eigenvalue weighted by Gasteiger charge is -2.07. The standard InChI is InChI=1S/C27H20FN5/c1-3-13-29-22(4-2)24-15-20-26(16-30-24)32-33-27(20)25-14-19-17(9-6-8-12-23(19)31-25)18-10-5-7-11-21(18)28/h3-7,9-16,31H,1H2,2H3,(H,32,33)/b22-4-,29-13-. The maximum absolute atomic E-state index is 14.6. The summed E-state index contributed by atoms with van der Waals surface area (Å²) in [4.78, 5) is 12.3. The largest absolute Gasteiger partial charge is 0.353 e.